The minimum atomic E-state index is 0. The number of likely N-dealkylation sites (tertiary alicyclic amines) is 3. The first-order chi connectivity index (χ1) is 14.7. The van der Waals surface area contributed by atoms with E-state index in [2.05, 4.69) is 34.0 Å². The van der Waals surface area contributed by atoms with Gasteiger partial charge in [-0.3, -0.25) is 9.89 Å². The van der Waals surface area contributed by atoms with E-state index in [1.165, 1.54) is 64.7 Å². The van der Waals surface area contributed by atoms with Gasteiger partial charge in [0.05, 0.1) is 26.4 Å². The SMILES string of the molecule is CCNC(=NCC1(N2CCCCC2)CCN(C)CC1)N1CCC(COCCOC)C1.I. The van der Waals surface area contributed by atoms with Crippen molar-refractivity contribution >= 4 is 29.9 Å². The van der Waals surface area contributed by atoms with Crippen molar-refractivity contribution in [2.45, 2.75) is 51.0 Å². The van der Waals surface area contributed by atoms with E-state index in [0.29, 0.717) is 19.1 Å². The van der Waals surface area contributed by atoms with Crippen LogP contribution in [-0.2, 0) is 9.47 Å². The van der Waals surface area contributed by atoms with Gasteiger partial charge in [0, 0.05) is 38.2 Å². The molecule has 0 aromatic heterocycles. The molecule has 0 aromatic carbocycles. The van der Waals surface area contributed by atoms with Gasteiger partial charge in [-0.1, -0.05) is 6.42 Å². The molecule has 0 bridgehead atoms. The maximum atomic E-state index is 5.78. The lowest BCUT2D eigenvalue weighted by molar-refractivity contribution is 0.0206. The summed E-state index contributed by atoms with van der Waals surface area (Å²) in [6.07, 6.45) is 7.74. The summed E-state index contributed by atoms with van der Waals surface area (Å²) in [5.41, 5.74) is 0.246. The molecule has 0 aromatic rings. The molecular weight excluding hydrogens is 505 g/mol. The first kappa shape index (κ1) is 27.1. The van der Waals surface area contributed by atoms with Crippen molar-refractivity contribution in [3.05, 3.63) is 0 Å². The number of ether oxygens (including phenoxy) is 2. The maximum absolute atomic E-state index is 5.78. The van der Waals surface area contributed by atoms with Crippen LogP contribution < -0.4 is 5.32 Å². The molecule has 3 rings (SSSR count). The fourth-order valence-electron chi connectivity index (χ4n) is 5.18. The van der Waals surface area contributed by atoms with E-state index in [9.17, 15) is 0 Å². The molecule has 7 nitrogen and oxygen atoms in total. The van der Waals surface area contributed by atoms with Crippen LogP contribution in [0.2, 0.25) is 0 Å². The fraction of sp³-hybridized carbons (Fsp3) is 0.957. The van der Waals surface area contributed by atoms with Gasteiger partial charge in [-0.2, -0.15) is 0 Å². The van der Waals surface area contributed by atoms with Crippen LogP contribution >= 0.6 is 24.0 Å². The second-order valence-corrected chi connectivity index (χ2v) is 9.41. The van der Waals surface area contributed by atoms with Crippen LogP contribution in [0.15, 0.2) is 4.99 Å². The van der Waals surface area contributed by atoms with Gasteiger partial charge in [0.15, 0.2) is 5.96 Å². The van der Waals surface area contributed by atoms with Crippen LogP contribution in [0.1, 0.15) is 45.4 Å². The number of hydrogen-bond acceptors (Lipinski definition) is 5. The summed E-state index contributed by atoms with van der Waals surface area (Å²) in [7, 11) is 3.98. The van der Waals surface area contributed by atoms with Crippen LogP contribution in [0.25, 0.3) is 0 Å². The fourth-order valence-corrected chi connectivity index (χ4v) is 5.18. The summed E-state index contributed by atoms with van der Waals surface area (Å²) in [5.74, 6) is 1.69. The van der Waals surface area contributed by atoms with Crippen LogP contribution in [0.5, 0.6) is 0 Å². The second-order valence-electron chi connectivity index (χ2n) is 9.41. The monoisotopic (exact) mass is 551 g/mol. The zero-order chi connectivity index (χ0) is 21.2. The van der Waals surface area contributed by atoms with Gasteiger partial charge in [0.1, 0.15) is 0 Å². The molecule has 3 aliphatic rings. The summed E-state index contributed by atoms with van der Waals surface area (Å²) in [5, 5.41) is 3.58. The van der Waals surface area contributed by atoms with Crippen molar-refractivity contribution in [2.75, 3.05) is 86.3 Å². The minimum Gasteiger partial charge on any atom is -0.382 e. The number of nitrogens with one attached hydrogen (secondary N) is 1. The Labute approximate surface area is 207 Å². The van der Waals surface area contributed by atoms with E-state index in [4.69, 9.17) is 14.5 Å². The molecule has 1 atom stereocenters. The van der Waals surface area contributed by atoms with Gasteiger partial charge in [0.25, 0.3) is 0 Å². The van der Waals surface area contributed by atoms with Crippen LogP contribution in [0, 0.1) is 5.92 Å². The van der Waals surface area contributed by atoms with Gasteiger partial charge in [-0.25, -0.2) is 0 Å². The highest BCUT2D eigenvalue weighted by Gasteiger charge is 2.40. The lowest BCUT2D eigenvalue weighted by atomic mass is 9.84. The molecule has 31 heavy (non-hydrogen) atoms. The molecule has 3 fully saturated rings. The molecule has 3 heterocycles. The van der Waals surface area contributed by atoms with E-state index in [1.807, 2.05) is 0 Å². The van der Waals surface area contributed by atoms with Crippen molar-refractivity contribution < 1.29 is 9.47 Å². The topological polar surface area (TPSA) is 52.6 Å². The maximum Gasteiger partial charge on any atom is 0.193 e. The summed E-state index contributed by atoms with van der Waals surface area (Å²) in [6.45, 7) is 13.2. The lowest BCUT2D eigenvalue weighted by Gasteiger charge is -2.49. The predicted molar refractivity (Wildman–Crippen MR) is 139 cm³/mol. The number of halogens is 1. The smallest absolute Gasteiger partial charge is 0.193 e. The molecule has 1 unspecified atom stereocenters. The van der Waals surface area contributed by atoms with Gasteiger partial charge in [-0.15, -0.1) is 24.0 Å². The number of nitrogens with zero attached hydrogens (tertiary/aromatic N) is 4. The number of rotatable bonds is 9. The Hall–Kier alpha value is -0.160. The third kappa shape index (κ3) is 7.98. The van der Waals surface area contributed by atoms with Gasteiger partial charge in [-0.05, 0) is 72.3 Å². The van der Waals surface area contributed by atoms with E-state index in [-0.39, 0.29) is 29.5 Å². The number of piperidine rings is 2. The van der Waals surface area contributed by atoms with E-state index < -0.39 is 0 Å². The molecular formula is C23H46IN5O2. The van der Waals surface area contributed by atoms with Crippen molar-refractivity contribution in [3.8, 4) is 0 Å². The normalized spacial score (nSPS) is 25.5. The summed E-state index contributed by atoms with van der Waals surface area (Å²) in [4.78, 5) is 13.0. The van der Waals surface area contributed by atoms with Gasteiger partial charge >= 0.3 is 0 Å². The third-order valence-corrected chi connectivity index (χ3v) is 7.17. The molecule has 3 saturated heterocycles. The van der Waals surface area contributed by atoms with Crippen LogP contribution in [0.4, 0.5) is 0 Å². The Bertz CT molecular complexity index is 522. The highest BCUT2D eigenvalue weighted by Crippen LogP contribution is 2.32. The van der Waals surface area contributed by atoms with Crippen molar-refractivity contribution in [3.63, 3.8) is 0 Å². The standard InChI is InChI=1S/C23H45N5O2.HI/c1-4-24-22(27-13-8-21(18-27)19-30-17-16-29-3)25-20-23(9-14-26(2)15-10-23)28-11-6-5-7-12-28;/h21H,4-20H2,1-3H3,(H,24,25);1H. The van der Waals surface area contributed by atoms with Crippen LogP contribution in [-0.4, -0.2) is 113 Å². The molecule has 0 radical (unpaired) electrons. The third-order valence-electron chi connectivity index (χ3n) is 7.17. The van der Waals surface area contributed by atoms with Crippen molar-refractivity contribution in [1.82, 2.24) is 20.0 Å². The molecule has 182 valence electrons. The highest BCUT2D eigenvalue weighted by molar-refractivity contribution is 14.0. The molecule has 3 aliphatic heterocycles. The molecule has 1 N–H and O–H groups in total. The second kappa shape index (κ2) is 14.2. The Morgan fingerprint density at radius 3 is 2.48 bits per heavy atom. The zero-order valence-electron chi connectivity index (χ0n) is 20.1. The minimum absolute atomic E-state index is 0. The van der Waals surface area contributed by atoms with Gasteiger partial charge < -0.3 is 24.6 Å². The molecule has 8 heteroatoms. The summed E-state index contributed by atoms with van der Waals surface area (Å²) < 4.78 is 10.9. The average molecular weight is 552 g/mol. The zero-order valence-corrected chi connectivity index (χ0v) is 22.4. The van der Waals surface area contributed by atoms with Crippen molar-refractivity contribution in [1.29, 1.82) is 0 Å². The lowest BCUT2D eigenvalue weighted by Crippen LogP contribution is -2.58. The van der Waals surface area contributed by atoms with E-state index in [1.54, 1.807) is 7.11 Å². The van der Waals surface area contributed by atoms with E-state index >= 15 is 0 Å². The molecule has 0 aliphatic carbocycles. The number of hydrogen-bond donors (Lipinski definition) is 1. The molecule has 0 spiro atoms. The van der Waals surface area contributed by atoms with E-state index in [0.717, 1.165) is 38.7 Å². The quantitative estimate of drug-likeness (QED) is 0.206. The average Bonchev–Trinajstić information content (AvgIpc) is 3.25. The Kier molecular flexibility index (Phi) is 12.4. The summed E-state index contributed by atoms with van der Waals surface area (Å²) in [6, 6.07) is 0. The predicted octanol–water partition coefficient (Wildman–Crippen LogP) is 2.51. The first-order valence-electron chi connectivity index (χ1n) is 12.2. The number of guanidine groups is 1. The van der Waals surface area contributed by atoms with Gasteiger partial charge in [0.2, 0.25) is 0 Å². The molecule has 0 amide bonds. The largest absolute Gasteiger partial charge is 0.382 e. The number of aliphatic imine (C=N–C) groups is 1. The first-order valence-corrected chi connectivity index (χ1v) is 12.2. The Morgan fingerprint density at radius 1 is 1.06 bits per heavy atom. The number of methoxy groups -OCH3 is 1. The highest BCUT2D eigenvalue weighted by atomic mass is 127. The van der Waals surface area contributed by atoms with Crippen molar-refractivity contribution in [2.24, 2.45) is 10.9 Å². The van der Waals surface area contributed by atoms with Crippen LogP contribution in [0.3, 0.4) is 0 Å². The Balaban J connectivity index is 0.00000341. The summed E-state index contributed by atoms with van der Waals surface area (Å²) >= 11 is 0. The Morgan fingerprint density at radius 2 is 1.81 bits per heavy atom. The molecule has 0 saturated carbocycles.